The fourth-order valence-corrected chi connectivity index (χ4v) is 2.85. The van der Waals surface area contributed by atoms with Gasteiger partial charge in [0.1, 0.15) is 11.5 Å². The number of methoxy groups -OCH3 is 1. The highest BCUT2D eigenvalue weighted by molar-refractivity contribution is 9.10. The lowest BCUT2D eigenvalue weighted by Crippen LogP contribution is -2.25. The molecule has 2 rings (SSSR count). The lowest BCUT2D eigenvalue weighted by atomic mass is 10.0. The van der Waals surface area contributed by atoms with E-state index in [9.17, 15) is 4.39 Å². The van der Waals surface area contributed by atoms with Crippen molar-refractivity contribution in [1.29, 1.82) is 0 Å². The van der Waals surface area contributed by atoms with E-state index < -0.39 is 0 Å². The second-order valence-electron chi connectivity index (χ2n) is 4.57. The molecule has 0 aliphatic heterocycles. The molecule has 0 saturated carbocycles. The Morgan fingerprint density at radius 3 is 2.81 bits per heavy atom. The Bertz CT molecular complexity index is 593. The van der Waals surface area contributed by atoms with Crippen molar-refractivity contribution < 1.29 is 9.13 Å². The number of aromatic nitrogens is 2. The summed E-state index contributed by atoms with van der Waals surface area (Å²) in [7, 11) is 1.62. The van der Waals surface area contributed by atoms with Gasteiger partial charge in [0.2, 0.25) is 0 Å². The molecule has 0 aliphatic rings. The maximum Gasteiger partial charge on any atom is 0.161 e. The predicted octanol–water partition coefficient (Wildman–Crippen LogP) is 3.51. The summed E-state index contributed by atoms with van der Waals surface area (Å²) >= 11 is 3.50. The van der Waals surface area contributed by atoms with E-state index in [1.807, 2.05) is 18.5 Å². The molecule has 0 saturated heterocycles. The Kier molecular flexibility index (Phi) is 5.36. The number of rotatable bonds is 6. The van der Waals surface area contributed by atoms with Crippen molar-refractivity contribution in [2.45, 2.75) is 26.4 Å². The Morgan fingerprint density at radius 1 is 1.43 bits per heavy atom. The number of nitrogens with zero attached hydrogens (tertiary/aromatic N) is 2. The summed E-state index contributed by atoms with van der Waals surface area (Å²) in [5, 5.41) is 7.71. The lowest BCUT2D eigenvalue weighted by molar-refractivity contribution is 0.399. The highest BCUT2D eigenvalue weighted by Crippen LogP contribution is 2.34. The molecular weight excluding hydrogens is 337 g/mol. The number of aryl methyl sites for hydroxylation is 1. The molecule has 0 fully saturated rings. The minimum Gasteiger partial charge on any atom is -0.493 e. The zero-order chi connectivity index (χ0) is 15.4. The topological polar surface area (TPSA) is 39.1 Å². The van der Waals surface area contributed by atoms with Crippen molar-refractivity contribution in [2.75, 3.05) is 13.7 Å². The quantitative estimate of drug-likeness (QED) is 0.861. The summed E-state index contributed by atoms with van der Waals surface area (Å²) in [6.07, 6.45) is 1.69. The first-order valence-electron chi connectivity index (χ1n) is 6.90. The Hall–Kier alpha value is -1.40. The van der Waals surface area contributed by atoms with Gasteiger partial charge in [0.05, 0.1) is 19.3 Å². The van der Waals surface area contributed by atoms with Crippen molar-refractivity contribution >= 4 is 15.9 Å². The van der Waals surface area contributed by atoms with Gasteiger partial charge in [0.25, 0.3) is 0 Å². The average molecular weight is 356 g/mol. The van der Waals surface area contributed by atoms with Crippen LogP contribution in [0.15, 0.2) is 28.9 Å². The van der Waals surface area contributed by atoms with Crippen molar-refractivity contribution in [3.63, 3.8) is 0 Å². The van der Waals surface area contributed by atoms with E-state index in [0.29, 0.717) is 12.3 Å². The van der Waals surface area contributed by atoms with Crippen molar-refractivity contribution in [2.24, 2.45) is 0 Å². The van der Waals surface area contributed by atoms with E-state index in [4.69, 9.17) is 4.74 Å². The standard InChI is InChI=1S/C15H19BrFN3O/c1-4-18-14(11-8-10(17)6-7-12(11)16)15-13(21-3)9-19-20(15)5-2/h6-9,14,18H,4-5H2,1-3H3. The molecule has 1 N–H and O–H groups in total. The van der Waals surface area contributed by atoms with Crippen LogP contribution in [0, 0.1) is 5.82 Å². The minimum absolute atomic E-state index is 0.197. The van der Waals surface area contributed by atoms with Crippen LogP contribution < -0.4 is 10.1 Å². The van der Waals surface area contributed by atoms with Gasteiger partial charge in [-0.1, -0.05) is 22.9 Å². The van der Waals surface area contributed by atoms with Crippen LogP contribution >= 0.6 is 15.9 Å². The number of benzene rings is 1. The second kappa shape index (κ2) is 7.04. The highest BCUT2D eigenvalue weighted by Gasteiger charge is 2.24. The fourth-order valence-electron chi connectivity index (χ4n) is 2.37. The molecule has 2 aromatic rings. The predicted molar refractivity (Wildman–Crippen MR) is 84.1 cm³/mol. The van der Waals surface area contributed by atoms with Crippen molar-refractivity contribution in [1.82, 2.24) is 15.1 Å². The van der Waals surface area contributed by atoms with Gasteiger partial charge < -0.3 is 10.1 Å². The van der Waals surface area contributed by atoms with Crippen molar-refractivity contribution in [3.8, 4) is 5.75 Å². The van der Waals surface area contributed by atoms with Gasteiger partial charge in [-0.3, -0.25) is 4.68 Å². The summed E-state index contributed by atoms with van der Waals surface area (Å²) in [4.78, 5) is 0. The number of hydrogen-bond acceptors (Lipinski definition) is 3. The molecule has 1 aromatic heterocycles. The third-order valence-corrected chi connectivity index (χ3v) is 4.04. The molecule has 0 radical (unpaired) electrons. The molecule has 0 amide bonds. The molecule has 21 heavy (non-hydrogen) atoms. The van der Waals surface area contributed by atoms with Gasteiger partial charge in [0.15, 0.2) is 5.75 Å². The van der Waals surface area contributed by atoms with Gasteiger partial charge in [-0.25, -0.2) is 4.39 Å². The lowest BCUT2D eigenvalue weighted by Gasteiger charge is -2.22. The van der Waals surface area contributed by atoms with E-state index >= 15 is 0 Å². The summed E-state index contributed by atoms with van der Waals surface area (Å²) in [5.41, 5.74) is 1.72. The van der Waals surface area contributed by atoms with Crippen LogP contribution in [0.2, 0.25) is 0 Å². The molecule has 1 unspecified atom stereocenters. The molecule has 6 heteroatoms. The molecule has 1 aromatic carbocycles. The molecule has 0 aliphatic carbocycles. The number of nitrogens with one attached hydrogen (secondary N) is 1. The van der Waals surface area contributed by atoms with E-state index in [2.05, 4.69) is 26.3 Å². The Labute approximate surface area is 132 Å². The minimum atomic E-state index is -0.266. The molecule has 1 heterocycles. The molecule has 1 atom stereocenters. The largest absolute Gasteiger partial charge is 0.493 e. The molecule has 114 valence electrons. The van der Waals surface area contributed by atoms with Crippen molar-refractivity contribution in [3.05, 3.63) is 45.9 Å². The number of hydrogen-bond donors (Lipinski definition) is 1. The summed E-state index contributed by atoms with van der Waals surface area (Å²) in [6, 6.07) is 4.49. The van der Waals surface area contributed by atoms with Gasteiger partial charge in [-0.15, -0.1) is 0 Å². The van der Waals surface area contributed by atoms with Crippen LogP contribution in [0.1, 0.15) is 31.1 Å². The molecule has 0 spiro atoms. The number of halogens is 2. The van der Waals surface area contributed by atoms with Gasteiger partial charge in [0, 0.05) is 11.0 Å². The first-order chi connectivity index (χ1) is 10.1. The van der Waals surface area contributed by atoms with Gasteiger partial charge in [-0.05, 0) is 37.2 Å². The molecule has 0 bridgehead atoms. The second-order valence-corrected chi connectivity index (χ2v) is 5.42. The average Bonchev–Trinajstić information content (AvgIpc) is 2.90. The van der Waals surface area contributed by atoms with Crippen LogP contribution in [0.4, 0.5) is 4.39 Å². The summed E-state index contributed by atoms with van der Waals surface area (Å²) < 4.78 is 21.8. The van der Waals surface area contributed by atoms with E-state index in [-0.39, 0.29) is 11.9 Å². The smallest absolute Gasteiger partial charge is 0.161 e. The monoisotopic (exact) mass is 355 g/mol. The van der Waals surface area contributed by atoms with Gasteiger partial charge >= 0.3 is 0 Å². The Morgan fingerprint density at radius 2 is 2.19 bits per heavy atom. The first kappa shape index (κ1) is 16.0. The molecular formula is C15H19BrFN3O. The fraction of sp³-hybridized carbons (Fsp3) is 0.400. The van der Waals surface area contributed by atoms with Gasteiger partial charge in [-0.2, -0.15) is 5.10 Å². The number of ether oxygens (including phenoxy) is 1. The van der Waals surface area contributed by atoms with Crippen LogP contribution in [0.5, 0.6) is 5.75 Å². The van der Waals surface area contributed by atoms with E-state index in [1.54, 1.807) is 19.4 Å². The van der Waals surface area contributed by atoms with Crippen LogP contribution in [-0.4, -0.2) is 23.4 Å². The summed E-state index contributed by atoms with van der Waals surface area (Å²) in [5.74, 6) is 0.427. The maximum absolute atomic E-state index is 13.7. The first-order valence-corrected chi connectivity index (χ1v) is 7.69. The summed E-state index contributed by atoms with van der Waals surface area (Å²) in [6.45, 7) is 5.48. The van der Waals surface area contributed by atoms with Crippen LogP contribution in [0.25, 0.3) is 0 Å². The normalized spacial score (nSPS) is 12.4. The SMILES string of the molecule is CCNC(c1cc(F)ccc1Br)c1c(OC)cnn1CC. The highest BCUT2D eigenvalue weighted by atomic mass is 79.9. The zero-order valence-corrected chi connectivity index (χ0v) is 13.9. The van der Waals surface area contributed by atoms with Crippen LogP contribution in [0.3, 0.4) is 0 Å². The van der Waals surface area contributed by atoms with Crippen LogP contribution in [-0.2, 0) is 6.54 Å². The maximum atomic E-state index is 13.7. The van der Waals surface area contributed by atoms with E-state index in [1.165, 1.54) is 12.1 Å². The van der Waals surface area contributed by atoms with E-state index in [0.717, 1.165) is 22.3 Å². The Balaban J connectivity index is 2.58. The third-order valence-electron chi connectivity index (χ3n) is 3.32. The molecule has 4 nitrogen and oxygen atoms in total. The third kappa shape index (κ3) is 3.27. The zero-order valence-electron chi connectivity index (χ0n) is 12.4.